The normalized spacial score (nSPS) is 11.5. The zero-order chi connectivity index (χ0) is 23.5. The fourth-order valence-corrected chi connectivity index (χ4v) is 3.69. The van der Waals surface area contributed by atoms with Gasteiger partial charge in [0.25, 0.3) is 0 Å². The lowest BCUT2D eigenvalue weighted by molar-refractivity contribution is 0.311. The largest absolute Gasteiger partial charge is 0.296 e. The van der Waals surface area contributed by atoms with Crippen molar-refractivity contribution < 1.29 is 0 Å². The fraction of sp³-hybridized carbons (Fsp3) is 0.323. The highest BCUT2D eigenvalue weighted by Gasteiger charge is 2.05. The molecule has 2 heteroatoms. The predicted octanol–water partition coefficient (Wildman–Crippen LogP) is 6.96. The molecule has 2 aromatic carbocycles. The molecule has 0 saturated carbocycles. The lowest BCUT2D eigenvalue weighted by Crippen LogP contribution is -2.22. The van der Waals surface area contributed by atoms with E-state index in [1.807, 2.05) is 24.5 Å². The Hall–Kier alpha value is -3.15. The van der Waals surface area contributed by atoms with Gasteiger partial charge < -0.3 is 0 Å². The second kappa shape index (κ2) is 12.2. The van der Waals surface area contributed by atoms with Gasteiger partial charge in [0.15, 0.2) is 0 Å². The van der Waals surface area contributed by atoms with E-state index in [2.05, 4.69) is 110 Å². The minimum absolute atomic E-state index is 0.0509. The van der Waals surface area contributed by atoms with Crippen molar-refractivity contribution in [2.24, 2.45) is 5.41 Å². The van der Waals surface area contributed by atoms with Gasteiger partial charge in [0.05, 0.1) is 0 Å². The summed E-state index contributed by atoms with van der Waals surface area (Å²) in [5.41, 5.74) is 6.57. The molecule has 170 valence electrons. The maximum atomic E-state index is 4.25. The van der Waals surface area contributed by atoms with Crippen LogP contribution < -0.4 is 0 Å². The summed E-state index contributed by atoms with van der Waals surface area (Å²) in [6.07, 6.45) is 9.97. The Balaban J connectivity index is 1.57. The van der Waals surface area contributed by atoms with Crippen molar-refractivity contribution in [3.63, 3.8) is 0 Å². The number of nitrogens with zero attached hydrogens (tertiary/aromatic N) is 2. The Labute approximate surface area is 200 Å². The lowest BCUT2D eigenvalue weighted by atomic mass is 9.98. The monoisotopic (exact) mass is 436 g/mol. The van der Waals surface area contributed by atoms with E-state index in [1.54, 1.807) is 0 Å². The molecular formula is C31H36N2. The smallest absolute Gasteiger partial charge is 0.0346 e. The van der Waals surface area contributed by atoms with Crippen LogP contribution in [-0.4, -0.2) is 23.0 Å². The van der Waals surface area contributed by atoms with E-state index >= 15 is 0 Å². The van der Waals surface area contributed by atoms with E-state index in [4.69, 9.17) is 0 Å². The van der Waals surface area contributed by atoms with E-state index in [0.717, 1.165) is 32.5 Å². The van der Waals surface area contributed by atoms with Gasteiger partial charge in [-0.1, -0.05) is 79.4 Å². The highest BCUT2D eigenvalue weighted by molar-refractivity contribution is 5.63. The predicted molar refractivity (Wildman–Crippen MR) is 141 cm³/mol. The van der Waals surface area contributed by atoms with Gasteiger partial charge in [-0.3, -0.25) is 9.88 Å². The molecule has 0 fully saturated rings. The van der Waals surface area contributed by atoms with Crippen LogP contribution in [0.3, 0.4) is 0 Å². The number of aromatic nitrogens is 1. The van der Waals surface area contributed by atoms with Crippen molar-refractivity contribution in [3.8, 4) is 23.0 Å². The van der Waals surface area contributed by atoms with Crippen molar-refractivity contribution in [2.75, 3.05) is 13.1 Å². The Kier molecular flexibility index (Phi) is 9.04. The van der Waals surface area contributed by atoms with Gasteiger partial charge in [-0.2, -0.15) is 0 Å². The Morgan fingerprint density at radius 1 is 0.879 bits per heavy atom. The van der Waals surface area contributed by atoms with Crippen LogP contribution in [-0.2, 0) is 19.4 Å². The molecule has 0 aliphatic rings. The van der Waals surface area contributed by atoms with Crippen LogP contribution >= 0.6 is 0 Å². The summed E-state index contributed by atoms with van der Waals surface area (Å²) < 4.78 is 0. The first-order chi connectivity index (χ1) is 15.9. The second-order valence-corrected chi connectivity index (χ2v) is 9.51. The molecule has 0 aliphatic heterocycles. The van der Waals surface area contributed by atoms with Crippen molar-refractivity contribution in [1.29, 1.82) is 0 Å². The molecule has 3 rings (SSSR count). The molecule has 33 heavy (non-hydrogen) atoms. The molecule has 0 bridgehead atoms. The van der Waals surface area contributed by atoms with Gasteiger partial charge in [0.1, 0.15) is 0 Å². The number of rotatable bonds is 9. The van der Waals surface area contributed by atoms with E-state index in [9.17, 15) is 0 Å². The van der Waals surface area contributed by atoms with Crippen molar-refractivity contribution in [1.82, 2.24) is 9.88 Å². The minimum Gasteiger partial charge on any atom is -0.296 e. The second-order valence-electron chi connectivity index (χ2n) is 9.51. The number of hydrogen-bond donors (Lipinski definition) is 0. The third-order valence-corrected chi connectivity index (χ3v) is 5.48. The van der Waals surface area contributed by atoms with Gasteiger partial charge in [-0.25, -0.2) is 0 Å². The molecule has 2 nitrogen and oxygen atoms in total. The van der Waals surface area contributed by atoms with Gasteiger partial charge in [-0.05, 0) is 80.1 Å². The Bertz CT molecular complexity index is 1090. The maximum Gasteiger partial charge on any atom is 0.0346 e. The van der Waals surface area contributed by atoms with Gasteiger partial charge >= 0.3 is 0 Å². The number of likely N-dealkylation sites (N-methyl/N-ethyl adjacent to an activating group) is 1. The quantitative estimate of drug-likeness (QED) is 0.337. The van der Waals surface area contributed by atoms with Crippen molar-refractivity contribution in [2.45, 2.75) is 47.1 Å². The Morgan fingerprint density at radius 3 is 2.27 bits per heavy atom. The summed E-state index contributed by atoms with van der Waals surface area (Å²) in [5, 5.41) is 0. The molecule has 0 saturated heterocycles. The molecule has 0 unspecified atom stereocenters. The molecule has 0 radical (unpaired) electrons. The molecule has 0 amide bonds. The lowest BCUT2D eigenvalue weighted by Gasteiger charge is -2.19. The molecule has 1 heterocycles. The number of benzene rings is 2. The highest BCUT2D eigenvalue weighted by Crippen LogP contribution is 2.20. The summed E-state index contributed by atoms with van der Waals surface area (Å²) in [5.74, 6) is 6.42. The summed E-state index contributed by atoms with van der Waals surface area (Å²) in [4.78, 5) is 6.68. The standard InChI is InChI=1S/C31H36N2/c1-5-33(21-8-6-7-19-31(2,3)4)25-28-14-9-12-26(22-28)17-18-27-13-10-15-29(23-27)30-16-11-20-32-24-30/h6,8-16,20,22-24H,5,17-18,21,25H2,1-4H3. The molecule has 0 aliphatic carbocycles. The molecule has 0 N–H and O–H groups in total. The zero-order valence-electron chi connectivity index (χ0n) is 20.5. The highest BCUT2D eigenvalue weighted by atomic mass is 15.1. The van der Waals surface area contributed by atoms with E-state index in [0.29, 0.717) is 0 Å². The number of allylic oxidation sites excluding steroid dienone is 1. The molecule has 0 atom stereocenters. The van der Waals surface area contributed by atoms with E-state index in [-0.39, 0.29) is 5.41 Å². The van der Waals surface area contributed by atoms with Crippen molar-refractivity contribution in [3.05, 3.63) is 102 Å². The third-order valence-electron chi connectivity index (χ3n) is 5.48. The van der Waals surface area contributed by atoms with Crippen LogP contribution in [0, 0.1) is 17.3 Å². The van der Waals surface area contributed by atoms with Crippen LogP contribution in [0.15, 0.2) is 85.2 Å². The number of pyridine rings is 1. The van der Waals surface area contributed by atoms with Crippen LogP contribution in [0.4, 0.5) is 0 Å². The van der Waals surface area contributed by atoms with Crippen molar-refractivity contribution >= 4 is 0 Å². The van der Waals surface area contributed by atoms with E-state index in [1.165, 1.54) is 27.8 Å². The zero-order valence-corrected chi connectivity index (χ0v) is 20.5. The average molecular weight is 437 g/mol. The third kappa shape index (κ3) is 8.72. The first-order valence-electron chi connectivity index (χ1n) is 11.9. The first-order valence-corrected chi connectivity index (χ1v) is 11.9. The molecular weight excluding hydrogens is 400 g/mol. The molecule has 1 aromatic heterocycles. The summed E-state index contributed by atoms with van der Waals surface area (Å²) in [7, 11) is 0. The molecule has 0 spiro atoms. The van der Waals surface area contributed by atoms with Gasteiger partial charge in [0, 0.05) is 30.9 Å². The van der Waals surface area contributed by atoms with Gasteiger partial charge in [-0.15, -0.1) is 0 Å². The van der Waals surface area contributed by atoms with Crippen LogP contribution in [0.5, 0.6) is 0 Å². The maximum absolute atomic E-state index is 4.25. The average Bonchev–Trinajstić information content (AvgIpc) is 2.82. The fourth-order valence-electron chi connectivity index (χ4n) is 3.69. The number of aryl methyl sites for hydroxylation is 2. The summed E-state index contributed by atoms with van der Waals surface area (Å²) >= 11 is 0. The number of hydrogen-bond acceptors (Lipinski definition) is 2. The first kappa shape index (κ1) is 24.5. The molecule has 3 aromatic rings. The Morgan fingerprint density at radius 2 is 1.58 bits per heavy atom. The minimum atomic E-state index is 0.0509. The van der Waals surface area contributed by atoms with Crippen LogP contribution in [0.1, 0.15) is 44.4 Å². The van der Waals surface area contributed by atoms with E-state index < -0.39 is 0 Å². The van der Waals surface area contributed by atoms with Crippen LogP contribution in [0.25, 0.3) is 11.1 Å². The van der Waals surface area contributed by atoms with Crippen LogP contribution in [0.2, 0.25) is 0 Å². The topological polar surface area (TPSA) is 16.1 Å². The summed E-state index contributed by atoms with van der Waals surface area (Å²) in [6.45, 7) is 11.5. The SMILES string of the molecule is CCN(CC=CC#CC(C)(C)C)Cc1cccc(CCc2cccc(-c3cccnc3)c2)c1. The summed E-state index contributed by atoms with van der Waals surface area (Å²) in [6, 6.07) is 21.9. The van der Waals surface area contributed by atoms with Gasteiger partial charge in [0.2, 0.25) is 0 Å².